The highest BCUT2D eigenvalue weighted by Crippen LogP contribution is 2.11. The molecule has 0 aliphatic carbocycles. The number of methoxy groups -OCH3 is 1. The third-order valence-electron chi connectivity index (χ3n) is 3.37. The van der Waals surface area contributed by atoms with E-state index in [4.69, 9.17) is 4.74 Å². The van der Waals surface area contributed by atoms with Gasteiger partial charge in [-0.05, 0) is 20.9 Å². The molecule has 3 atom stereocenters. The van der Waals surface area contributed by atoms with E-state index >= 15 is 0 Å². The third-order valence-corrected chi connectivity index (χ3v) is 3.37. The molecule has 1 aliphatic heterocycles. The number of morpholine rings is 1. The molecule has 6 heteroatoms. The van der Waals surface area contributed by atoms with Gasteiger partial charge >= 0.3 is 5.97 Å². The highest BCUT2D eigenvalue weighted by molar-refractivity contribution is 5.78. The van der Waals surface area contributed by atoms with E-state index in [2.05, 4.69) is 4.74 Å². The van der Waals surface area contributed by atoms with Crippen molar-refractivity contribution in [1.29, 1.82) is 0 Å². The van der Waals surface area contributed by atoms with Crippen molar-refractivity contribution in [2.75, 3.05) is 40.3 Å². The molecule has 0 spiro atoms. The molecular weight excluding hydrogens is 260 g/mol. The smallest absolute Gasteiger partial charge is 0.309 e. The zero-order valence-electron chi connectivity index (χ0n) is 13.1. The first kappa shape index (κ1) is 16.9. The average molecular weight is 286 g/mol. The summed E-state index contributed by atoms with van der Waals surface area (Å²) in [6.07, 6.45) is 0.143. The molecule has 1 fully saturated rings. The van der Waals surface area contributed by atoms with Crippen LogP contribution in [0.3, 0.4) is 0 Å². The quantitative estimate of drug-likeness (QED) is 0.683. The Balaban J connectivity index is 2.43. The first-order valence-electron chi connectivity index (χ1n) is 7.03. The number of esters is 1. The lowest BCUT2D eigenvalue weighted by Crippen LogP contribution is -2.51. The lowest BCUT2D eigenvalue weighted by molar-refractivity contribution is -0.147. The molecule has 1 amide bonds. The van der Waals surface area contributed by atoms with Crippen LogP contribution in [0.15, 0.2) is 0 Å². The number of carbonyl (C=O) groups is 2. The second-order valence-corrected chi connectivity index (χ2v) is 5.68. The number of rotatable bonds is 5. The van der Waals surface area contributed by atoms with Gasteiger partial charge in [0.1, 0.15) is 0 Å². The predicted octanol–water partition coefficient (Wildman–Crippen LogP) is 0.363. The summed E-state index contributed by atoms with van der Waals surface area (Å²) < 4.78 is 10.3. The van der Waals surface area contributed by atoms with Gasteiger partial charge in [0, 0.05) is 19.6 Å². The van der Waals surface area contributed by atoms with Crippen molar-refractivity contribution in [3.63, 3.8) is 0 Å². The molecule has 1 aliphatic rings. The van der Waals surface area contributed by atoms with Crippen LogP contribution >= 0.6 is 0 Å². The van der Waals surface area contributed by atoms with Crippen LogP contribution in [0.4, 0.5) is 0 Å². The van der Waals surface area contributed by atoms with Crippen molar-refractivity contribution in [2.45, 2.75) is 33.0 Å². The molecule has 0 saturated carbocycles. The van der Waals surface area contributed by atoms with Gasteiger partial charge < -0.3 is 14.4 Å². The summed E-state index contributed by atoms with van der Waals surface area (Å²) in [6, 6.07) is 0. The van der Waals surface area contributed by atoms with E-state index in [-0.39, 0.29) is 30.0 Å². The van der Waals surface area contributed by atoms with Gasteiger partial charge in [-0.3, -0.25) is 14.5 Å². The molecule has 1 saturated heterocycles. The topological polar surface area (TPSA) is 59.1 Å². The van der Waals surface area contributed by atoms with Crippen molar-refractivity contribution in [1.82, 2.24) is 9.80 Å². The summed E-state index contributed by atoms with van der Waals surface area (Å²) in [7, 11) is 3.21. The van der Waals surface area contributed by atoms with Crippen LogP contribution in [0.2, 0.25) is 0 Å². The van der Waals surface area contributed by atoms with Crippen molar-refractivity contribution in [3.05, 3.63) is 0 Å². The van der Waals surface area contributed by atoms with Gasteiger partial charge in [-0.2, -0.15) is 0 Å². The molecule has 0 aromatic heterocycles. The molecule has 0 N–H and O–H groups in total. The molecule has 1 rings (SSSR count). The predicted molar refractivity (Wildman–Crippen MR) is 75.3 cm³/mol. The second-order valence-electron chi connectivity index (χ2n) is 5.68. The van der Waals surface area contributed by atoms with Crippen LogP contribution in [0.25, 0.3) is 0 Å². The Morgan fingerprint density at radius 1 is 1.35 bits per heavy atom. The number of hydrogen-bond donors (Lipinski definition) is 0. The van der Waals surface area contributed by atoms with Gasteiger partial charge in [-0.1, -0.05) is 6.92 Å². The first-order valence-corrected chi connectivity index (χ1v) is 7.03. The van der Waals surface area contributed by atoms with E-state index < -0.39 is 0 Å². The Hall–Kier alpha value is -1.14. The van der Waals surface area contributed by atoms with Crippen LogP contribution in [-0.2, 0) is 19.1 Å². The minimum Gasteiger partial charge on any atom is -0.469 e. The maximum Gasteiger partial charge on any atom is 0.309 e. The van der Waals surface area contributed by atoms with Gasteiger partial charge in [0.05, 0.1) is 31.8 Å². The largest absolute Gasteiger partial charge is 0.469 e. The van der Waals surface area contributed by atoms with Crippen LogP contribution < -0.4 is 0 Å². The van der Waals surface area contributed by atoms with E-state index in [0.717, 1.165) is 0 Å². The highest BCUT2D eigenvalue weighted by Gasteiger charge is 2.26. The van der Waals surface area contributed by atoms with Gasteiger partial charge in [-0.25, -0.2) is 0 Å². The summed E-state index contributed by atoms with van der Waals surface area (Å²) in [6.45, 7) is 7.81. The van der Waals surface area contributed by atoms with Crippen LogP contribution in [-0.4, -0.2) is 74.2 Å². The monoisotopic (exact) mass is 286 g/mol. The second kappa shape index (κ2) is 7.59. The standard InChI is InChI=1S/C14H26N2O4/c1-10(14(18)19-5)6-15(4)9-13(17)16-7-11(2)20-12(3)8-16/h10-12H,6-9H2,1-5H3. The number of likely N-dealkylation sites (N-methyl/N-ethyl adjacent to an activating group) is 1. The third kappa shape index (κ3) is 5.09. The number of ether oxygens (including phenoxy) is 2. The number of amides is 1. The van der Waals surface area contributed by atoms with Crippen LogP contribution in [0, 0.1) is 5.92 Å². The fourth-order valence-electron chi connectivity index (χ4n) is 2.52. The Morgan fingerprint density at radius 2 is 1.90 bits per heavy atom. The van der Waals surface area contributed by atoms with E-state index in [1.54, 1.807) is 6.92 Å². The fourth-order valence-corrected chi connectivity index (χ4v) is 2.52. The summed E-state index contributed by atoms with van der Waals surface area (Å²) in [5.41, 5.74) is 0. The van der Waals surface area contributed by atoms with Crippen molar-refractivity contribution < 1.29 is 19.1 Å². The summed E-state index contributed by atoms with van der Waals surface area (Å²) in [4.78, 5) is 27.3. The molecular formula is C14H26N2O4. The SMILES string of the molecule is COC(=O)C(C)CN(C)CC(=O)N1CC(C)OC(C)C1. The molecule has 116 valence electrons. The Kier molecular flexibility index (Phi) is 6.42. The average Bonchev–Trinajstić information content (AvgIpc) is 2.36. The van der Waals surface area contributed by atoms with E-state index in [9.17, 15) is 9.59 Å². The van der Waals surface area contributed by atoms with Gasteiger partial charge in [-0.15, -0.1) is 0 Å². The molecule has 3 unspecified atom stereocenters. The van der Waals surface area contributed by atoms with Gasteiger partial charge in [0.15, 0.2) is 0 Å². The summed E-state index contributed by atoms with van der Waals surface area (Å²) >= 11 is 0. The zero-order chi connectivity index (χ0) is 15.3. The van der Waals surface area contributed by atoms with E-state index in [1.165, 1.54) is 7.11 Å². The maximum atomic E-state index is 12.2. The minimum absolute atomic E-state index is 0.0713. The Morgan fingerprint density at radius 3 is 2.40 bits per heavy atom. The molecule has 0 aromatic carbocycles. The van der Waals surface area contributed by atoms with Crippen molar-refractivity contribution in [3.8, 4) is 0 Å². The number of carbonyl (C=O) groups excluding carboxylic acids is 2. The molecule has 0 aromatic rings. The maximum absolute atomic E-state index is 12.2. The fraction of sp³-hybridized carbons (Fsp3) is 0.857. The van der Waals surface area contributed by atoms with Crippen molar-refractivity contribution >= 4 is 11.9 Å². The summed E-state index contributed by atoms with van der Waals surface area (Å²) in [5.74, 6) is -0.412. The first-order chi connectivity index (χ1) is 9.33. The number of hydrogen-bond acceptors (Lipinski definition) is 5. The Labute approximate surface area is 121 Å². The molecule has 0 radical (unpaired) electrons. The van der Waals surface area contributed by atoms with Crippen LogP contribution in [0.1, 0.15) is 20.8 Å². The zero-order valence-corrected chi connectivity index (χ0v) is 13.1. The summed E-state index contributed by atoms with van der Waals surface area (Å²) in [5, 5.41) is 0. The molecule has 6 nitrogen and oxygen atoms in total. The lowest BCUT2D eigenvalue weighted by Gasteiger charge is -2.36. The molecule has 0 bridgehead atoms. The van der Waals surface area contributed by atoms with Crippen molar-refractivity contribution in [2.24, 2.45) is 5.92 Å². The van der Waals surface area contributed by atoms with Crippen LogP contribution in [0.5, 0.6) is 0 Å². The highest BCUT2D eigenvalue weighted by atomic mass is 16.5. The normalized spacial score (nSPS) is 24.6. The van der Waals surface area contributed by atoms with E-state index in [0.29, 0.717) is 26.2 Å². The minimum atomic E-state index is -0.252. The number of nitrogens with zero attached hydrogens (tertiary/aromatic N) is 2. The van der Waals surface area contributed by atoms with Gasteiger partial charge in [0.25, 0.3) is 0 Å². The van der Waals surface area contributed by atoms with Gasteiger partial charge in [0.2, 0.25) is 5.91 Å². The Bertz CT molecular complexity index is 338. The lowest BCUT2D eigenvalue weighted by atomic mass is 10.1. The molecule has 1 heterocycles. The van der Waals surface area contributed by atoms with E-state index in [1.807, 2.05) is 30.7 Å². The molecule has 20 heavy (non-hydrogen) atoms.